The van der Waals surface area contributed by atoms with E-state index in [1.54, 1.807) is 0 Å². The Balaban J connectivity index is 2.31. The molecule has 1 heterocycles. The van der Waals surface area contributed by atoms with Gasteiger partial charge in [0.15, 0.2) is 0 Å². The molecule has 1 amide bonds. The van der Waals surface area contributed by atoms with Gasteiger partial charge in [-0.2, -0.15) is 0 Å². The molecule has 0 aromatic carbocycles. The minimum atomic E-state index is -0.0948. The van der Waals surface area contributed by atoms with Gasteiger partial charge in [0.1, 0.15) is 6.40 Å². The summed E-state index contributed by atoms with van der Waals surface area (Å²) in [6.45, 7) is 3.98. The van der Waals surface area contributed by atoms with Crippen LogP contribution in [0.2, 0.25) is 6.32 Å². The number of hydrogen-bond donors (Lipinski definition) is 2. The molecule has 0 saturated carbocycles. The molecular weight excluding hydrogens is 155 g/mol. The molecule has 1 atom stereocenters. The second-order valence-corrected chi connectivity index (χ2v) is 3.54. The van der Waals surface area contributed by atoms with E-state index in [-0.39, 0.29) is 17.4 Å². The Morgan fingerprint density at radius 1 is 1.83 bits per heavy atom. The van der Waals surface area contributed by atoms with Crippen molar-refractivity contribution in [2.75, 3.05) is 0 Å². The molecule has 1 aliphatic rings. The van der Waals surface area contributed by atoms with Crippen molar-refractivity contribution >= 4 is 19.8 Å². The van der Waals surface area contributed by atoms with Gasteiger partial charge in [0, 0.05) is 5.54 Å². The van der Waals surface area contributed by atoms with Gasteiger partial charge >= 0.3 is 7.48 Å². The smallest absolute Gasteiger partial charge is 0.342 e. The first-order valence-corrected chi connectivity index (χ1v) is 4.00. The average molecular weight is 168 g/mol. The number of amides is 1. The Morgan fingerprint density at radius 2 is 2.50 bits per heavy atom. The van der Waals surface area contributed by atoms with E-state index in [0.717, 1.165) is 6.40 Å². The average Bonchev–Trinajstić information content (AvgIpc) is 1.97. The van der Waals surface area contributed by atoms with Crippen molar-refractivity contribution in [2.24, 2.45) is 5.92 Å². The summed E-state index contributed by atoms with van der Waals surface area (Å²) >= 11 is 0. The van der Waals surface area contributed by atoms with Gasteiger partial charge in [0.25, 0.3) is 0 Å². The fourth-order valence-corrected chi connectivity index (χ4v) is 1.48. The Kier molecular flexibility index (Phi) is 2.40. The van der Waals surface area contributed by atoms with Crippen molar-refractivity contribution in [1.29, 1.82) is 5.41 Å². The molecule has 4 nitrogen and oxygen atoms in total. The molecule has 1 aliphatic heterocycles. The lowest BCUT2D eigenvalue weighted by atomic mass is 9.69. The predicted octanol–water partition coefficient (Wildman–Crippen LogP) is -0.0955. The molecule has 1 fully saturated rings. The van der Waals surface area contributed by atoms with Crippen molar-refractivity contribution < 1.29 is 9.45 Å². The van der Waals surface area contributed by atoms with Crippen LogP contribution in [-0.4, -0.2) is 25.3 Å². The van der Waals surface area contributed by atoms with E-state index in [1.807, 2.05) is 13.8 Å². The summed E-state index contributed by atoms with van der Waals surface area (Å²) in [5.41, 5.74) is -0.0948. The summed E-state index contributed by atoms with van der Waals surface area (Å²) < 4.78 is 4.74. The van der Waals surface area contributed by atoms with E-state index in [1.165, 1.54) is 0 Å². The molecule has 12 heavy (non-hydrogen) atoms. The van der Waals surface area contributed by atoms with Crippen molar-refractivity contribution in [2.45, 2.75) is 25.7 Å². The van der Waals surface area contributed by atoms with Crippen LogP contribution in [0.1, 0.15) is 13.8 Å². The van der Waals surface area contributed by atoms with Crippen LogP contribution >= 0.6 is 0 Å². The van der Waals surface area contributed by atoms with E-state index >= 15 is 0 Å². The zero-order chi connectivity index (χ0) is 9.19. The SMILES string of the molecule is CC1(C)NC(=O)[C@@H]1CBOC=N. The molecule has 0 spiro atoms. The lowest BCUT2D eigenvalue weighted by molar-refractivity contribution is -0.138. The van der Waals surface area contributed by atoms with Crippen LogP contribution in [0.25, 0.3) is 0 Å². The van der Waals surface area contributed by atoms with Gasteiger partial charge in [-0.15, -0.1) is 0 Å². The number of nitrogens with one attached hydrogen (secondary N) is 2. The van der Waals surface area contributed by atoms with Gasteiger partial charge in [0.2, 0.25) is 5.91 Å². The molecule has 0 aromatic heterocycles. The maximum Gasteiger partial charge on any atom is 0.342 e. The maximum absolute atomic E-state index is 11.0. The molecule has 2 N–H and O–H groups in total. The fraction of sp³-hybridized carbons (Fsp3) is 0.714. The molecule has 0 unspecified atom stereocenters. The van der Waals surface area contributed by atoms with E-state index in [9.17, 15) is 4.79 Å². The summed E-state index contributed by atoms with van der Waals surface area (Å²) in [6, 6.07) is 0. The second-order valence-electron chi connectivity index (χ2n) is 3.54. The van der Waals surface area contributed by atoms with Gasteiger partial charge in [-0.05, 0) is 20.2 Å². The van der Waals surface area contributed by atoms with E-state index in [4.69, 9.17) is 10.1 Å². The van der Waals surface area contributed by atoms with Crippen molar-refractivity contribution in [3.8, 4) is 0 Å². The normalized spacial score (nSPS) is 25.2. The van der Waals surface area contributed by atoms with Crippen LogP contribution < -0.4 is 5.32 Å². The largest absolute Gasteiger partial charge is 0.557 e. The monoisotopic (exact) mass is 168 g/mol. The molecule has 0 aliphatic carbocycles. The molecular formula is C7H13BN2O2. The second kappa shape index (κ2) is 3.17. The molecule has 66 valence electrons. The standard InChI is InChI=1S/C7H13BN2O2/c1-7(2)5(6(11)10-7)3-8-12-4-9/h4-5,8-9H,3H2,1-2H3,(H,10,11)/t5-/m0/s1. The van der Waals surface area contributed by atoms with Crippen LogP contribution in [0.5, 0.6) is 0 Å². The third kappa shape index (κ3) is 1.60. The first kappa shape index (κ1) is 9.10. The minimum absolute atomic E-state index is 0.0393. The fourth-order valence-electron chi connectivity index (χ4n) is 1.48. The van der Waals surface area contributed by atoms with Crippen LogP contribution in [0.4, 0.5) is 0 Å². The topological polar surface area (TPSA) is 62.2 Å². The summed E-state index contributed by atoms with van der Waals surface area (Å²) in [5.74, 6) is 0.131. The lowest BCUT2D eigenvalue weighted by Crippen LogP contribution is -2.65. The number of rotatable bonds is 4. The zero-order valence-electron chi connectivity index (χ0n) is 7.39. The Morgan fingerprint density at radius 3 is 2.92 bits per heavy atom. The summed E-state index contributed by atoms with van der Waals surface area (Å²) in [4.78, 5) is 11.0. The Labute approximate surface area is 72.5 Å². The molecule has 0 aromatic rings. The first-order valence-electron chi connectivity index (χ1n) is 4.00. The highest BCUT2D eigenvalue weighted by atomic mass is 16.4. The number of hydrogen-bond acceptors (Lipinski definition) is 3. The quantitative estimate of drug-likeness (QED) is 0.202. The molecule has 5 heteroatoms. The predicted molar refractivity (Wildman–Crippen MR) is 47.5 cm³/mol. The van der Waals surface area contributed by atoms with Crippen LogP contribution in [0, 0.1) is 11.3 Å². The highest BCUT2D eigenvalue weighted by molar-refractivity contribution is 6.30. The summed E-state index contributed by atoms with van der Waals surface area (Å²) in [6.07, 6.45) is 1.60. The van der Waals surface area contributed by atoms with E-state index in [0.29, 0.717) is 13.8 Å². The minimum Gasteiger partial charge on any atom is -0.557 e. The van der Waals surface area contributed by atoms with Gasteiger partial charge in [0.05, 0.1) is 5.92 Å². The van der Waals surface area contributed by atoms with E-state index < -0.39 is 0 Å². The van der Waals surface area contributed by atoms with Gasteiger partial charge in [-0.3, -0.25) is 10.2 Å². The highest BCUT2D eigenvalue weighted by Gasteiger charge is 2.45. The number of β-lactam (4-membered cyclic amide) rings is 1. The molecule has 1 rings (SSSR count). The zero-order valence-corrected chi connectivity index (χ0v) is 7.39. The third-order valence-corrected chi connectivity index (χ3v) is 2.24. The van der Waals surface area contributed by atoms with Gasteiger partial charge in [-0.25, -0.2) is 0 Å². The molecule has 1 saturated heterocycles. The van der Waals surface area contributed by atoms with Crippen molar-refractivity contribution in [1.82, 2.24) is 5.32 Å². The first-order chi connectivity index (χ1) is 5.58. The van der Waals surface area contributed by atoms with Crippen molar-refractivity contribution in [3.63, 3.8) is 0 Å². The maximum atomic E-state index is 11.0. The number of carbonyl (C=O) groups is 1. The molecule has 0 radical (unpaired) electrons. The Bertz CT molecular complexity index is 206. The van der Waals surface area contributed by atoms with Crippen LogP contribution in [0.3, 0.4) is 0 Å². The highest BCUT2D eigenvalue weighted by Crippen LogP contribution is 2.29. The Hall–Kier alpha value is -0.995. The third-order valence-electron chi connectivity index (χ3n) is 2.24. The lowest BCUT2D eigenvalue weighted by Gasteiger charge is -2.44. The van der Waals surface area contributed by atoms with Crippen molar-refractivity contribution in [3.05, 3.63) is 0 Å². The van der Waals surface area contributed by atoms with Crippen LogP contribution in [-0.2, 0) is 9.45 Å². The summed E-state index contributed by atoms with van der Waals surface area (Å²) in [5, 5.41) is 9.43. The van der Waals surface area contributed by atoms with Gasteiger partial charge in [-0.1, -0.05) is 0 Å². The van der Waals surface area contributed by atoms with Gasteiger partial charge < -0.3 is 9.97 Å². The summed E-state index contributed by atoms with van der Waals surface area (Å²) in [7, 11) is 0.449. The number of carbonyl (C=O) groups excluding carboxylic acids is 1. The molecule has 0 bridgehead atoms. The van der Waals surface area contributed by atoms with E-state index in [2.05, 4.69) is 5.32 Å². The van der Waals surface area contributed by atoms with Crippen LogP contribution in [0.15, 0.2) is 0 Å².